The molecule has 0 heterocycles. The summed E-state index contributed by atoms with van der Waals surface area (Å²) >= 11 is 0. The average Bonchev–Trinajstić information content (AvgIpc) is 3.13. The molecular weight excluding hydrogens is 620 g/mol. The molecule has 0 atom stereocenters. The Balaban J connectivity index is 1.41. The minimum atomic E-state index is -0.146. The van der Waals surface area contributed by atoms with Gasteiger partial charge in [-0.3, -0.25) is 9.59 Å². The number of hydrogen-bond donors (Lipinski definition) is 2. The maximum Gasteiger partial charge on any atom is 0.252 e. The van der Waals surface area contributed by atoms with Gasteiger partial charge in [-0.1, -0.05) is 178 Å². The van der Waals surface area contributed by atoms with Gasteiger partial charge in [0.25, 0.3) is 11.8 Å². The van der Waals surface area contributed by atoms with Crippen molar-refractivity contribution in [3.63, 3.8) is 0 Å². The number of carbonyl (C=O) groups is 2. The SMILES string of the molecule is CCCCCCCCCCCCOCCNC(=O)c1c2ccccc2c(C(=O)NCCOCCCCCCCCCCCC)c2ccccc12. The molecule has 0 saturated carbocycles. The van der Waals surface area contributed by atoms with Gasteiger partial charge in [0.1, 0.15) is 0 Å². The highest BCUT2D eigenvalue weighted by atomic mass is 16.5. The van der Waals surface area contributed by atoms with E-state index in [1.54, 1.807) is 0 Å². The summed E-state index contributed by atoms with van der Waals surface area (Å²) in [5, 5.41) is 9.25. The van der Waals surface area contributed by atoms with E-state index in [9.17, 15) is 9.59 Å². The lowest BCUT2D eigenvalue weighted by atomic mass is 9.91. The van der Waals surface area contributed by atoms with Crippen LogP contribution in [0.15, 0.2) is 48.5 Å². The molecule has 0 bridgehead atoms. The number of nitrogens with one attached hydrogen (secondary N) is 2. The standard InChI is InChI=1S/C44H68N2O4/c1-3-5-7-9-11-13-15-17-19-25-33-49-35-31-45-43(47)41-37-27-21-23-29-39(37)42(40-30-24-22-28-38(40)41)44(48)46-32-36-50-34-26-20-18-16-14-12-10-8-6-4-2/h21-24,27-30H,3-20,25-26,31-36H2,1-2H3,(H,45,47)(H,46,48). The van der Waals surface area contributed by atoms with Crippen LogP contribution in [0.3, 0.4) is 0 Å². The van der Waals surface area contributed by atoms with Crippen molar-refractivity contribution >= 4 is 33.4 Å². The number of carbonyl (C=O) groups excluding carboxylic acids is 2. The van der Waals surface area contributed by atoms with E-state index in [1.807, 2.05) is 48.5 Å². The molecule has 0 aliphatic carbocycles. The van der Waals surface area contributed by atoms with Crippen molar-refractivity contribution in [2.24, 2.45) is 0 Å². The van der Waals surface area contributed by atoms with Crippen LogP contribution in [0, 0.1) is 0 Å². The van der Waals surface area contributed by atoms with Crippen LogP contribution >= 0.6 is 0 Å². The number of rotatable bonds is 30. The summed E-state index contributed by atoms with van der Waals surface area (Å²) in [6.45, 7) is 7.85. The number of ether oxygens (including phenoxy) is 2. The first-order valence-corrected chi connectivity index (χ1v) is 20.3. The third-order valence-corrected chi connectivity index (χ3v) is 9.73. The highest BCUT2D eigenvalue weighted by Gasteiger charge is 2.21. The van der Waals surface area contributed by atoms with E-state index in [0.29, 0.717) is 37.4 Å². The largest absolute Gasteiger partial charge is 0.380 e. The summed E-state index contributed by atoms with van der Waals surface area (Å²) in [4.78, 5) is 27.2. The summed E-state index contributed by atoms with van der Waals surface area (Å²) in [6, 6.07) is 15.4. The third-order valence-electron chi connectivity index (χ3n) is 9.73. The highest BCUT2D eigenvalue weighted by Crippen LogP contribution is 2.33. The molecule has 278 valence electrons. The summed E-state index contributed by atoms with van der Waals surface area (Å²) < 4.78 is 11.7. The van der Waals surface area contributed by atoms with Crippen LogP contribution in [-0.2, 0) is 9.47 Å². The van der Waals surface area contributed by atoms with Gasteiger partial charge < -0.3 is 20.1 Å². The summed E-state index contributed by atoms with van der Waals surface area (Å²) in [7, 11) is 0. The van der Waals surface area contributed by atoms with E-state index in [1.165, 1.54) is 116 Å². The van der Waals surface area contributed by atoms with Gasteiger partial charge in [0.15, 0.2) is 0 Å². The molecule has 0 unspecified atom stereocenters. The van der Waals surface area contributed by atoms with Crippen LogP contribution in [0.1, 0.15) is 163 Å². The van der Waals surface area contributed by atoms with Crippen LogP contribution in [0.25, 0.3) is 21.5 Å². The fraction of sp³-hybridized carbons (Fsp3) is 0.636. The molecular formula is C44H68N2O4. The lowest BCUT2D eigenvalue weighted by Crippen LogP contribution is -2.29. The van der Waals surface area contributed by atoms with Crippen molar-refractivity contribution in [1.29, 1.82) is 0 Å². The van der Waals surface area contributed by atoms with Crippen molar-refractivity contribution in [3.8, 4) is 0 Å². The van der Waals surface area contributed by atoms with E-state index in [-0.39, 0.29) is 11.8 Å². The first-order chi connectivity index (χ1) is 24.7. The smallest absolute Gasteiger partial charge is 0.252 e. The number of amides is 2. The predicted octanol–water partition coefficient (Wildman–Crippen LogP) is 11.3. The maximum atomic E-state index is 13.6. The zero-order valence-corrected chi connectivity index (χ0v) is 31.6. The van der Waals surface area contributed by atoms with Gasteiger partial charge in [0.05, 0.1) is 24.3 Å². The van der Waals surface area contributed by atoms with Crippen LogP contribution < -0.4 is 10.6 Å². The minimum absolute atomic E-state index is 0.146. The van der Waals surface area contributed by atoms with Gasteiger partial charge in [0.2, 0.25) is 0 Å². The van der Waals surface area contributed by atoms with E-state index in [0.717, 1.165) is 47.6 Å². The minimum Gasteiger partial charge on any atom is -0.380 e. The second-order valence-corrected chi connectivity index (χ2v) is 13.9. The van der Waals surface area contributed by atoms with Crippen LogP contribution in [0.4, 0.5) is 0 Å². The van der Waals surface area contributed by atoms with E-state index in [2.05, 4.69) is 24.5 Å². The Hall–Kier alpha value is -2.96. The Kier molecular flexibility index (Phi) is 22.2. The van der Waals surface area contributed by atoms with E-state index in [4.69, 9.17) is 9.47 Å². The van der Waals surface area contributed by atoms with Crippen LogP contribution in [-0.4, -0.2) is 51.3 Å². The van der Waals surface area contributed by atoms with E-state index >= 15 is 0 Å². The Morgan fingerprint density at radius 1 is 0.420 bits per heavy atom. The van der Waals surface area contributed by atoms with Crippen molar-refractivity contribution in [2.45, 2.75) is 142 Å². The normalized spacial score (nSPS) is 11.4. The molecule has 3 aromatic carbocycles. The zero-order valence-electron chi connectivity index (χ0n) is 31.6. The average molecular weight is 689 g/mol. The van der Waals surface area contributed by atoms with Crippen molar-refractivity contribution in [3.05, 3.63) is 59.7 Å². The molecule has 0 fully saturated rings. The second-order valence-electron chi connectivity index (χ2n) is 13.9. The fourth-order valence-electron chi connectivity index (χ4n) is 6.86. The molecule has 2 amide bonds. The number of unbranched alkanes of at least 4 members (excludes halogenated alkanes) is 18. The van der Waals surface area contributed by atoms with Crippen LogP contribution in [0.2, 0.25) is 0 Å². The molecule has 0 spiro atoms. The summed E-state index contributed by atoms with van der Waals surface area (Å²) in [5.41, 5.74) is 1.20. The topological polar surface area (TPSA) is 76.7 Å². The molecule has 6 nitrogen and oxygen atoms in total. The van der Waals surface area contributed by atoms with Crippen molar-refractivity contribution < 1.29 is 19.1 Å². The number of benzene rings is 3. The fourth-order valence-corrected chi connectivity index (χ4v) is 6.86. The molecule has 3 aromatic rings. The lowest BCUT2D eigenvalue weighted by molar-refractivity contribution is 0.0906. The Bertz CT molecular complexity index is 1200. The predicted molar refractivity (Wildman–Crippen MR) is 211 cm³/mol. The quantitative estimate of drug-likeness (QED) is 0.0540. The number of fused-ring (bicyclic) bond motifs is 2. The first kappa shape index (κ1) is 41.5. The van der Waals surface area contributed by atoms with Gasteiger partial charge in [-0.05, 0) is 34.4 Å². The lowest BCUT2D eigenvalue weighted by Gasteiger charge is -2.17. The molecule has 0 saturated heterocycles. The van der Waals surface area contributed by atoms with Crippen LogP contribution in [0.5, 0.6) is 0 Å². The molecule has 50 heavy (non-hydrogen) atoms. The van der Waals surface area contributed by atoms with Gasteiger partial charge in [-0.2, -0.15) is 0 Å². The van der Waals surface area contributed by atoms with E-state index < -0.39 is 0 Å². The summed E-state index contributed by atoms with van der Waals surface area (Å²) in [6.07, 6.45) is 26.0. The van der Waals surface area contributed by atoms with Gasteiger partial charge in [0, 0.05) is 26.3 Å². The molecule has 0 aliphatic rings. The van der Waals surface area contributed by atoms with Gasteiger partial charge >= 0.3 is 0 Å². The zero-order chi connectivity index (χ0) is 35.5. The van der Waals surface area contributed by atoms with Crippen molar-refractivity contribution in [1.82, 2.24) is 10.6 Å². The molecule has 2 N–H and O–H groups in total. The Labute approximate surface area is 303 Å². The third kappa shape index (κ3) is 15.5. The monoisotopic (exact) mass is 689 g/mol. The Morgan fingerprint density at radius 2 is 0.700 bits per heavy atom. The summed E-state index contributed by atoms with van der Waals surface area (Å²) in [5.74, 6) is -0.292. The van der Waals surface area contributed by atoms with Crippen molar-refractivity contribution in [2.75, 3.05) is 39.5 Å². The molecule has 0 aliphatic heterocycles. The molecule has 3 rings (SSSR count). The molecule has 0 radical (unpaired) electrons. The van der Waals surface area contributed by atoms with Gasteiger partial charge in [-0.15, -0.1) is 0 Å². The molecule has 6 heteroatoms. The first-order valence-electron chi connectivity index (χ1n) is 20.3. The second kappa shape index (κ2) is 26.8. The van der Waals surface area contributed by atoms with Gasteiger partial charge in [-0.25, -0.2) is 0 Å². The Morgan fingerprint density at radius 3 is 1.00 bits per heavy atom. The maximum absolute atomic E-state index is 13.6. The number of hydrogen-bond acceptors (Lipinski definition) is 4. The highest BCUT2D eigenvalue weighted by molar-refractivity contribution is 6.26. The molecule has 0 aromatic heterocycles.